The summed E-state index contributed by atoms with van der Waals surface area (Å²) in [7, 11) is 2.20. The van der Waals surface area contributed by atoms with Gasteiger partial charge in [-0.15, -0.1) is 0 Å². The number of allylic oxidation sites excluding steroid dienone is 2. The SMILES string of the molecule is CN1CCC(C2=CC(N)C=C2)CC1. The van der Waals surface area contributed by atoms with Gasteiger partial charge in [-0.2, -0.15) is 0 Å². The number of nitrogens with two attached hydrogens (primary N) is 1. The summed E-state index contributed by atoms with van der Waals surface area (Å²) < 4.78 is 0. The minimum atomic E-state index is 0.176. The van der Waals surface area contributed by atoms with Crippen molar-refractivity contribution in [1.82, 2.24) is 4.90 Å². The third-order valence-corrected chi connectivity index (χ3v) is 3.09. The number of piperidine rings is 1. The maximum Gasteiger partial charge on any atom is 0.0419 e. The number of hydrogen-bond donors (Lipinski definition) is 1. The van der Waals surface area contributed by atoms with Crippen LogP contribution in [0.5, 0.6) is 0 Å². The molecule has 0 bridgehead atoms. The molecule has 1 fully saturated rings. The van der Waals surface area contributed by atoms with Crippen LogP contribution in [-0.2, 0) is 0 Å². The Bertz CT molecular complexity index is 234. The van der Waals surface area contributed by atoms with Gasteiger partial charge in [-0.3, -0.25) is 0 Å². The second-order valence-electron chi connectivity index (χ2n) is 4.18. The zero-order valence-electron chi connectivity index (χ0n) is 8.24. The predicted octanol–water partition coefficient (Wildman–Crippen LogP) is 1.15. The minimum Gasteiger partial charge on any atom is -0.321 e. The first-order valence-electron chi connectivity index (χ1n) is 5.10. The zero-order valence-corrected chi connectivity index (χ0v) is 8.24. The van der Waals surface area contributed by atoms with Crippen LogP contribution in [0.4, 0.5) is 0 Å². The molecule has 2 heteroatoms. The number of hydrogen-bond acceptors (Lipinski definition) is 2. The van der Waals surface area contributed by atoms with E-state index in [0.29, 0.717) is 0 Å². The molecule has 0 aromatic rings. The highest BCUT2D eigenvalue weighted by atomic mass is 15.1. The molecular weight excluding hydrogens is 160 g/mol. The average Bonchev–Trinajstić information content (AvgIpc) is 2.53. The van der Waals surface area contributed by atoms with Gasteiger partial charge >= 0.3 is 0 Å². The van der Waals surface area contributed by atoms with E-state index in [4.69, 9.17) is 5.73 Å². The molecule has 0 radical (unpaired) electrons. The van der Waals surface area contributed by atoms with Crippen LogP contribution in [0.25, 0.3) is 0 Å². The number of likely N-dealkylation sites (tertiary alicyclic amines) is 1. The molecule has 2 nitrogen and oxygen atoms in total. The Morgan fingerprint density at radius 2 is 2.08 bits per heavy atom. The Morgan fingerprint density at radius 3 is 2.62 bits per heavy atom. The molecule has 0 amide bonds. The molecule has 2 rings (SSSR count). The van der Waals surface area contributed by atoms with Gasteiger partial charge in [-0.25, -0.2) is 0 Å². The van der Waals surface area contributed by atoms with Crippen molar-refractivity contribution in [3.63, 3.8) is 0 Å². The number of rotatable bonds is 1. The summed E-state index contributed by atoms with van der Waals surface area (Å²) in [4.78, 5) is 2.40. The summed E-state index contributed by atoms with van der Waals surface area (Å²) >= 11 is 0. The van der Waals surface area contributed by atoms with Gasteiger partial charge in [0.25, 0.3) is 0 Å². The molecule has 13 heavy (non-hydrogen) atoms. The van der Waals surface area contributed by atoms with Crippen LogP contribution < -0.4 is 5.73 Å². The first-order valence-corrected chi connectivity index (χ1v) is 5.10. The van der Waals surface area contributed by atoms with Crippen LogP contribution in [0, 0.1) is 5.92 Å². The molecule has 72 valence electrons. The lowest BCUT2D eigenvalue weighted by Gasteiger charge is -2.29. The fourth-order valence-corrected chi connectivity index (χ4v) is 2.17. The van der Waals surface area contributed by atoms with E-state index in [-0.39, 0.29) is 6.04 Å². The third kappa shape index (κ3) is 2.01. The minimum absolute atomic E-state index is 0.176. The van der Waals surface area contributed by atoms with Gasteiger partial charge in [0.2, 0.25) is 0 Å². The summed E-state index contributed by atoms with van der Waals surface area (Å²) in [5.74, 6) is 0.765. The molecule has 1 unspecified atom stereocenters. The molecule has 1 saturated heterocycles. The van der Waals surface area contributed by atoms with E-state index in [2.05, 4.69) is 30.2 Å². The maximum atomic E-state index is 5.79. The Balaban J connectivity index is 1.95. The van der Waals surface area contributed by atoms with E-state index in [1.54, 1.807) is 0 Å². The van der Waals surface area contributed by atoms with Gasteiger partial charge in [0.05, 0.1) is 0 Å². The van der Waals surface area contributed by atoms with Crippen molar-refractivity contribution in [3.05, 3.63) is 23.8 Å². The molecule has 0 aromatic heterocycles. The van der Waals surface area contributed by atoms with Gasteiger partial charge in [0, 0.05) is 6.04 Å². The van der Waals surface area contributed by atoms with Gasteiger partial charge < -0.3 is 10.6 Å². The van der Waals surface area contributed by atoms with Crippen molar-refractivity contribution >= 4 is 0 Å². The van der Waals surface area contributed by atoms with E-state index < -0.39 is 0 Å². The lowest BCUT2D eigenvalue weighted by atomic mass is 9.90. The molecule has 0 saturated carbocycles. The van der Waals surface area contributed by atoms with E-state index >= 15 is 0 Å². The van der Waals surface area contributed by atoms with Crippen LogP contribution in [-0.4, -0.2) is 31.1 Å². The average molecular weight is 178 g/mol. The summed E-state index contributed by atoms with van der Waals surface area (Å²) in [5, 5.41) is 0. The van der Waals surface area contributed by atoms with Crippen LogP contribution in [0.15, 0.2) is 23.8 Å². The van der Waals surface area contributed by atoms with Crippen molar-refractivity contribution in [2.45, 2.75) is 18.9 Å². The second-order valence-corrected chi connectivity index (χ2v) is 4.18. The number of nitrogens with zero attached hydrogens (tertiary/aromatic N) is 1. The van der Waals surface area contributed by atoms with E-state index in [9.17, 15) is 0 Å². The lowest BCUT2D eigenvalue weighted by Crippen LogP contribution is -2.30. The fourth-order valence-electron chi connectivity index (χ4n) is 2.17. The van der Waals surface area contributed by atoms with Crippen LogP contribution in [0.2, 0.25) is 0 Å². The van der Waals surface area contributed by atoms with Crippen molar-refractivity contribution in [1.29, 1.82) is 0 Å². The topological polar surface area (TPSA) is 29.3 Å². The van der Waals surface area contributed by atoms with Crippen molar-refractivity contribution < 1.29 is 0 Å². The van der Waals surface area contributed by atoms with E-state index in [1.165, 1.54) is 31.5 Å². The van der Waals surface area contributed by atoms with Gasteiger partial charge in [0.15, 0.2) is 0 Å². The zero-order chi connectivity index (χ0) is 9.26. The highest BCUT2D eigenvalue weighted by Crippen LogP contribution is 2.27. The van der Waals surface area contributed by atoms with Gasteiger partial charge in [-0.05, 0) is 44.5 Å². The first-order chi connectivity index (χ1) is 6.25. The van der Waals surface area contributed by atoms with Crippen LogP contribution in [0.1, 0.15) is 12.8 Å². The first kappa shape index (κ1) is 8.97. The van der Waals surface area contributed by atoms with Crippen molar-refractivity contribution in [3.8, 4) is 0 Å². The van der Waals surface area contributed by atoms with Gasteiger partial charge in [-0.1, -0.05) is 18.2 Å². The monoisotopic (exact) mass is 178 g/mol. The summed E-state index contributed by atoms with van der Waals surface area (Å²) in [6, 6.07) is 0.176. The Labute approximate surface area is 80.1 Å². The van der Waals surface area contributed by atoms with Crippen molar-refractivity contribution in [2.24, 2.45) is 11.7 Å². The molecular formula is C11H18N2. The molecule has 0 aromatic carbocycles. The van der Waals surface area contributed by atoms with Crippen LogP contribution >= 0.6 is 0 Å². The summed E-state index contributed by atoms with van der Waals surface area (Å²) in [5.41, 5.74) is 7.26. The lowest BCUT2D eigenvalue weighted by molar-refractivity contribution is 0.240. The largest absolute Gasteiger partial charge is 0.321 e. The second kappa shape index (κ2) is 3.64. The fraction of sp³-hybridized carbons (Fsp3) is 0.636. The molecule has 2 N–H and O–H groups in total. The predicted molar refractivity (Wildman–Crippen MR) is 55.4 cm³/mol. The van der Waals surface area contributed by atoms with Crippen molar-refractivity contribution in [2.75, 3.05) is 20.1 Å². The highest BCUT2D eigenvalue weighted by molar-refractivity contribution is 5.33. The Morgan fingerprint density at radius 1 is 1.38 bits per heavy atom. The molecule has 1 aliphatic carbocycles. The normalized spacial score (nSPS) is 30.9. The Kier molecular flexibility index (Phi) is 2.51. The molecule has 2 aliphatic rings. The highest BCUT2D eigenvalue weighted by Gasteiger charge is 2.20. The quantitative estimate of drug-likeness (QED) is 0.652. The molecule has 1 heterocycles. The third-order valence-electron chi connectivity index (χ3n) is 3.09. The molecule has 1 aliphatic heterocycles. The Hall–Kier alpha value is -0.600. The van der Waals surface area contributed by atoms with E-state index in [1.807, 2.05) is 0 Å². The molecule has 1 atom stereocenters. The summed E-state index contributed by atoms with van der Waals surface area (Å²) in [6.07, 6.45) is 9.09. The maximum absolute atomic E-state index is 5.79. The van der Waals surface area contributed by atoms with Gasteiger partial charge in [0.1, 0.15) is 0 Å². The smallest absolute Gasteiger partial charge is 0.0419 e. The van der Waals surface area contributed by atoms with Crippen LogP contribution in [0.3, 0.4) is 0 Å². The molecule has 0 spiro atoms. The standard InChI is InChI=1S/C11H18N2/c1-13-6-4-9(5-7-13)10-2-3-11(12)8-10/h2-3,8-9,11H,4-7,12H2,1H3. The van der Waals surface area contributed by atoms with E-state index in [0.717, 1.165) is 5.92 Å². The summed E-state index contributed by atoms with van der Waals surface area (Å²) in [6.45, 7) is 2.45.